The fourth-order valence-corrected chi connectivity index (χ4v) is 2.07. The van der Waals surface area contributed by atoms with E-state index in [0.717, 1.165) is 6.42 Å². The van der Waals surface area contributed by atoms with Gasteiger partial charge >= 0.3 is 5.97 Å². The Bertz CT molecular complexity index is 504. The molecular formula is C12H11ClN2O2. The van der Waals surface area contributed by atoms with E-state index in [1.165, 1.54) is 0 Å². The van der Waals surface area contributed by atoms with Gasteiger partial charge in [-0.2, -0.15) is 5.26 Å². The number of nitrogens with one attached hydrogen (secondary N) is 1. The molecule has 4 nitrogen and oxygen atoms in total. The summed E-state index contributed by atoms with van der Waals surface area (Å²) >= 11 is 5.85. The zero-order valence-electron chi connectivity index (χ0n) is 9.03. The van der Waals surface area contributed by atoms with Crippen LogP contribution >= 0.6 is 11.6 Å². The highest BCUT2D eigenvalue weighted by Gasteiger charge is 2.44. The molecule has 0 heterocycles. The zero-order valence-corrected chi connectivity index (χ0v) is 9.79. The number of anilines is 1. The van der Waals surface area contributed by atoms with Gasteiger partial charge in [-0.25, -0.2) is 4.79 Å². The highest BCUT2D eigenvalue weighted by molar-refractivity contribution is 6.30. The average Bonchev–Trinajstić information content (AvgIpc) is 2.23. The minimum Gasteiger partial charge on any atom is -0.480 e. The molecular weight excluding hydrogens is 240 g/mol. The van der Waals surface area contributed by atoms with Crippen molar-refractivity contribution in [2.24, 2.45) is 0 Å². The lowest BCUT2D eigenvalue weighted by Gasteiger charge is -2.39. The first-order chi connectivity index (χ1) is 8.07. The van der Waals surface area contributed by atoms with E-state index < -0.39 is 11.5 Å². The van der Waals surface area contributed by atoms with E-state index >= 15 is 0 Å². The Kier molecular flexibility index (Phi) is 2.95. The van der Waals surface area contributed by atoms with Crippen molar-refractivity contribution >= 4 is 23.3 Å². The Hall–Kier alpha value is -1.73. The van der Waals surface area contributed by atoms with Crippen molar-refractivity contribution in [1.29, 1.82) is 5.26 Å². The molecule has 0 bridgehead atoms. The number of aliphatic carboxylic acids is 1. The lowest BCUT2D eigenvalue weighted by molar-refractivity contribution is -0.145. The molecule has 2 N–H and O–H groups in total. The van der Waals surface area contributed by atoms with E-state index in [9.17, 15) is 9.90 Å². The van der Waals surface area contributed by atoms with Gasteiger partial charge in [0.05, 0.1) is 11.3 Å². The first kappa shape index (κ1) is 11.7. The highest BCUT2D eigenvalue weighted by Crippen LogP contribution is 2.37. The molecule has 1 aromatic carbocycles. The second kappa shape index (κ2) is 4.27. The van der Waals surface area contributed by atoms with E-state index in [4.69, 9.17) is 16.9 Å². The number of benzene rings is 1. The molecule has 5 heteroatoms. The van der Waals surface area contributed by atoms with Crippen LogP contribution in [-0.4, -0.2) is 16.6 Å². The van der Waals surface area contributed by atoms with Gasteiger partial charge < -0.3 is 10.4 Å². The van der Waals surface area contributed by atoms with E-state index in [2.05, 4.69) is 5.32 Å². The van der Waals surface area contributed by atoms with Gasteiger partial charge in [-0.05, 0) is 37.5 Å². The summed E-state index contributed by atoms with van der Waals surface area (Å²) in [5, 5.41) is 21.6. The van der Waals surface area contributed by atoms with Crippen LogP contribution in [0, 0.1) is 11.3 Å². The monoisotopic (exact) mass is 250 g/mol. The fourth-order valence-electron chi connectivity index (χ4n) is 1.90. The third kappa shape index (κ3) is 2.06. The Balaban J connectivity index is 2.32. The lowest BCUT2D eigenvalue weighted by atomic mass is 9.76. The van der Waals surface area contributed by atoms with Crippen LogP contribution in [0.2, 0.25) is 5.02 Å². The Labute approximate surface area is 104 Å². The predicted octanol–water partition coefficient (Wildman–Crippen LogP) is 2.63. The minimum atomic E-state index is -0.934. The topological polar surface area (TPSA) is 73.1 Å². The molecule has 1 aliphatic rings. The summed E-state index contributed by atoms with van der Waals surface area (Å²) in [5.41, 5.74) is -0.0416. The Morgan fingerprint density at radius 3 is 2.71 bits per heavy atom. The SMILES string of the molecule is N#Cc1ccc(Cl)cc1NC1(C(=O)O)CCC1. The third-order valence-corrected chi connectivity index (χ3v) is 3.33. The van der Waals surface area contributed by atoms with Crippen LogP contribution in [0.4, 0.5) is 5.69 Å². The number of carbonyl (C=O) groups is 1. The van der Waals surface area contributed by atoms with E-state index in [0.29, 0.717) is 29.1 Å². The maximum Gasteiger partial charge on any atom is 0.329 e. The maximum absolute atomic E-state index is 11.2. The molecule has 1 fully saturated rings. The maximum atomic E-state index is 11.2. The number of carboxylic acids is 1. The molecule has 1 aliphatic carbocycles. The van der Waals surface area contributed by atoms with Gasteiger partial charge in [0.15, 0.2) is 0 Å². The van der Waals surface area contributed by atoms with Crippen molar-refractivity contribution in [3.05, 3.63) is 28.8 Å². The summed E-state index contributed by atoms with van der Waals surface area (Å²) in [6.45, 7) is 0. The average molecular weight is 251 g/mol. The van der Waals surface area contributed by atoms with Crippen molar-refractivity contribution in [3.8, 4) is 6.07 Å². The lowest BCUT2D eigenvalue weighted by Crippen LogP contribution is -2.52. The second-order valence-corrected chi connectivity index (χ2v) is 4.60. The molecule has 88 valence electrons. The molecule has 1 aromatic rings. The van der Waals surface area contributed by atoms with E-state index in [1.54, 1.807) is 18.2 Å². The molecule has 2 rings (SSSR count). The highest BCUT2D eigenvalue weighted by atomic mass is 35.5. The van der Waals surface area contributed by atoms with Gasteiger partial charge in [-0.3, -0.25) is 0 Å². The smallest absolute Gasteiger partial charge is 0.329 e. The summed E-state index contributed by atoms with van der Waals surface area (Å²) in [4.78, 5) is 11.2. The first-order valence-corrected chi connectivity index (χ1v) is 5.66. The van der Waals surface area contributed by atoms with Crippen LogP contribution in [0.15, 0.2) is 18.2 Å². The Morgan fingerprint density at radius 1 is 1.53 bits per heavy atom. The van der Waals surface area contributed by atoms with Crippen LogP contribution in [0.3, 0.4) is 0 Å². The Morgan fingerprint density at radius 2 is 2.24 bits per heavy atom. The summed E-state index contributed by atoms with van der Waals surface area (Å²) in [6, 6.07) is 6.80. The minimum absolute atomic E-state index is 0.405. The number of halogens is 1. The molecule has 0 spiro atoms. The largest absolute Gasteiger partial charge is 0.480 e. The number of nitriles is 1. The third-order valence-electron chi connectivity index (χ3n) is 3.09. The number of rotatable bonds is 3. The quantitative estimate of drug-likeness (QED) is 0.865. The molecule has 0 unspecified atom stereocenters. The van der Waals surface area contributed by atoms with Gasteiger partial charge in [0.25, 0.3) is 0 Å². The first-order valence-electron chi connectivity index (χ1n) is 5.29. The van der Waals surface area contributed by atoms with Gasteiger partial charge in [0.1, 0.15) is 11.6 Å². The van der Waals surface area contributed by atoms with Gasteiger partial charge in [-0.1, -0.05) is 11.6 Å². The van der Waals surface area contributed by atoms with Gasteiger partial charge in [-0.15, -0.1) is 0 Å². The van der Waals surface area contributed by atoms with E-state index in [1.807, 2.05) is 6.07 Å². The normalized spacial score (nSPS) is 16.7. The molecule has 1 saturated carbocycles. The zero-order chi connectivity index (χ0) is 12.5. The second-order valence-electron chi connectivity index (χ2n) is 4.17. The number of carboxylic acid groups (broad SMARTS) is 1. The van der Waals surface area contributed by atoms with E-state index in [-0.39, 0.29) is 0 Å². The van der Waals surface area contributed by atoms with Crippen LogP contribution in [0.1, 0.15) is 24.8 Å². The molecule has 0 aliphatic heterocycles. The van der Waals surface area contributed by atoms with Crippen molar-refractivity contribution in [2.75, 3.05) is 5.32 Å². The number of hydrogen-bond donors (Lipinski definition) is 2. The number of nitrogens with zero attached hydrogens (tertiary/aromatic N) is 1. The van der Waals surface area contributed by atoms with Crippen LogP contribution < -0.4 is 5.32 Å². The van der Waals surface area contributed by atoms with Crippen molar-refractivity contribution in [1.82, 2.24) is 0 Å². The van der Waals surface area contributed by atoms with Gasteiger partial charge in [0, 0.05) is 5.02 Å². The molecule has 0 aromatic heterocycles. The molecule has 0 atom stereocenters. The van der Waals surface area contributed by atoms with Crippen molar-refractivity contribution < 1.29 is 9.90 Å². The van der Waals surface area contributed by atoms with Gasteiger partial charge in [0.2, 0.25) is 0 Å². The van der Waals surface area contributed by atoms with Crippen LogP contribution in [0.25, 0.3) is 0 Å². The van der Waals surface area contributed by atoms with Crippen molar-refractivity contribution in [2.45, 2.75) is 24.8 Å². The van der Waals surface area contributed by atoms with Crippen molar-refractivity contribution in [3.63, 3.8) is 0 Å². The summed E-state index contributed by atoms with van der Waals surface area (Å²) in [5.74, 6) is -0.882. The van der Waals surface area contributed by atoms with Crippen LogP contribution in [-0.2, 0) is 4.79 Å². The molecule has 17 heavy (non-hydrogen) atoms. The molecule has 0 saturated heterocycles. The predicted molar refractivity (Wildman–Crippen MR) is 64.0 cm³/mol. The molecule has 0 amide bonds. The fraction of sp³-hybridized carbons (Fsp3) is 0.333. The summed E-state index contributed by atoms with van der Waals surface area (Å²) < 4.78 is 0. The summed E-state index contributed by atoms with van der Waals surface area (Å²) in [7, 11) is 0. The van der Waals surface area contributed by atoms with Crippen LogP contribution in [0.5, 0.6) is 0 Å². The summed E-state index contributed by atoms with van der Waals surface area (Å²) in [6.07, 6.45) is 2.02. The number of hydrogen-bond acceptors (Lipinski definition) is 3. The molecule has 0 radical (unpaired) electrons. The standard InChI is InChI=1S/C12H11ClN2O2/c13-9-3-2-8(7-14)10(6-9)15-12(11(16)17)4-1-5-12/h2-3,6,15H,1,4-5H2,(H,16,17).